The molecule has 43 heavy (non-hydrogen) atoms. The fraction of sp³-hybridized carbons (Fsp3) is 0.400. The number of phenols is 1. The van der Waals surface area contributed by atoms with Crippen LogP contribution in [0.5, 0.6) is 5.75 Å². The third kappa shape index (κ3) is 4.68. The number of amides is 2. The van der Waals surface area contributed by atoms with Crippen molar-refractivity contribution in [3.05, 3.63) is 47.5 Å². The van der Waals surface area contributed by atoms with Crippen LogP contribution in [-0.2, 0) is 30.3 Å². The molecule has 0 aromatic heterocycles. The van der Waals surface area contributed by atoms with Crippen molar-refractivity contribution in [3.8, 4) is 16.9 Å². The molecule has 3 aliphatic carbocycles. The van der Waals surface area contributed by atoms with Crippen molar-refractivity contribution in [3.63, 3.8) is 0 Å². The number of ketones is 4. The molecule has 6 atom stereocenters. The summed E-state index contributed by atoms with van der Waals surface area (Å²) in [6.07, 6.45) is -0.794. The van der Waals surface area contributed by atoms with E-state index >= 15 is 0 Å². The molecule has 0 bridgehead atoms. The minimum atomic E-state index is -2.79. The standard InChI is InChI=1S/C30H30FN3O9/c1-34(2)23-18-12-14-11-17-16(13-3-5-15(6-4-13)33-29(41)43-10-9-31)7-8-19(35)21(17)24(36)20(14)26(38)30(18,42)27(39)22(25(23)37)28(32)40/h3-8,14,18,20,22-23,35,42H,9-12H2,1-2H3,(H2,32,40)(H,33,41)/t14-,18-,20?,22?,23+,30-/m0/s1. The van der Waals surface area contributed by atoms with Crippen LogP contribution in [0.25, 0.3) is 11.1 Å². The molecule has 2 aromatic carbocycles. The third-order valence-corrected chi connectivity index (χ3v) is 8.70. The van der Waals surface area contributed by atoms with Crippen LogP contribution < -0.4 is 11.1 Å². The number of ether oxygens (including phenoxy) is 1. The van der Waals surface area contributed by atoms with E-state index in [-0.39, 0.29) is 30.8 Å². The molecule has 5 rings (SSSR count). The number of aliphatic hydroxyl groups is 1. The van der Waals surface area contributed by atoms with E-state index in [4.69, 9.17) is 5.73 Å². The van der Waals surface area contributed by atoms with E-state index in [1.165, 1.54) is 25.1 Å². The molecule has 2 aromatic rings. The number of halogens is 1. The van der Waals surface area contributed by atoms with Crippen LogP contribution in [0.4, 0.5) is 14.9 Å². The zero-order chi connectivity index (χ0) is 31.4. The maximum absolute atomic E-state index is 13.9. The molecule has 2 unspecified atom stereocenters. The molecule has 0 saturated heterocycles. The van der Waals surface area contributed by atoms with Gasteiger partial charge in [0.2, 0.25) is 5.91 Å². The number of anilines is 1. The van der Waals surface area contributed by atoms with Gasteiger partial charge in [0.05, 0.1) is 17.5 Å². The van der Waals surface area contributed by atoms with Gasteiger partial charge in [-0.15, -0.1) is 0 Å². The number of hydrogen-bond acceptors (Lipinski definition) is 10. The van der Waals surface area contributed by atoms with Crippen molar-refractivity contribution < 1.29 is 48.1 Å². The van der Waals surface area contributed by atoms with Gasteiger partial charge in [-0.25, -0.2) is 9.18 Å². The molecule has 12 nitrogen and oxygen atoms in total. The van der Waals surface area contributed by atoms with Crippen molar-refractivity contribution >= 4 is 40.8 Å². The maximum atomic E-state index is 13.9. The number of nitrogens with two attached hydrogens (primary N) is 1. The van der Waals surface area contributed by atoms with E-state index in [1.54, 1.807) is 30.3 Å². The number of rotatable bonds is 6. The van der Waals surface area contributed by atoms with Gasteiger partial charge in [-0.05, 0) is 67.7 Å². The lowest BCUT2D eigenvalue weighted by molar-refractivity contribution is -0.181. The van der Waals surface area contributed by atoms with Crippen molar-refractivity contribution in [1.29, 1.82) is 0 Å². The minimum Gasteiger partial charge on any atom is -0.507 e. The van der Waals surface area contributed by atoms with Crippen LogP contribution in [0.15, 0.2) is 36.4 Å². The Morgan fingerprint density at radius 2 is 1.77 bits per heavy atom. The number of phenolic OH excluding ortho intramolecular Hbond substituents is 1. The molecular weight excluding hydrogens is 565 g/mol. The second-order valence-corrected chi connectivity index (χ2v) is 11.3. The summed E-state index contributed by atoms with van der Waals surface area (Å²) in [7, 11) is 3.04. The average molecular weight is 596 g/mol. The highest BCUT2D eigenvalue weighted by Crippen LogP contribution is 2.51. The number of benzene rings is 2. The number of primary amides is 1. The van der Waals surface area contributed by atoms with Crippen LogP contribution in [0, 0.1) is 23.7 Å². The first-order chi connectivity index (χ1) is 20.3. The number of carbonyl (C=O) groups excluding carboxylic acids is 6. The molecule has 0 spiro atoms. The average Bonchev–Trinajstić information content (AvgIpc) is 2.94. The lowest BCUT2D eigenvalue weighted by atomic mass is 9.52. The number of aromatic hydroxyl groups is 1. The Hall–Kier alpha value is -4.49. The molecule has 2 saturated carbocycles. The first kappa shape index (κ1) is 30.0. The largest absolute Gasteiger partial charge is 0.507 e. The van der Waals surface area contributed by atoms with Crippen molar-refractivity contribution in [2.75, 3.05) is 32.7 Å². The van der Waals surface area contributed by atoms with Crippen LogP contribution in [0.3, 0.4) is 0 Å². The van der Waals surface area contributed by atoms with E-state index in [9.17, 15) is 43.4 Å². The summed E-state index contributed by atoms with van der Waals surface area (Å²) < 4.78 is 16.9. The quantitative estimate of drug-likeness (QED) is 0.351. The van der Waals surface area contributed by atoms with E-state index in [1.807, 2.05) is 0 Å². The zero-order valence-corrected chi connectivity index (χ0v) is 23.3. The topological polar surface area (TPSA) is 193 Å². The van der Waals surface area contributed by atoms with Gasteiger partial charge in [0.15, 0.2) is 34.7 Å². The van der Waals surface area contributed by atoms with Crippen molar-refractivity contribution in [2.24, 2.45) is 29.4 Å². The number of likely N-dealkylation sites (N-methyl/N-ethyl adjacent to an activating group) is 1. The number of nitrogens with one attached hydrogen (secondary N) is 1. The summed E-state index contributed by atoms with van der Waals surface area (Å²) in [6, 6.07) is 8.16. The van der Waals surface area contributed by atoms with E-state index < -0.39 is 77.1 Å². The number of fused-ring (bicyclic) bond motifs is 3. The highest BCUT2D eigenvalue weighted by Gasteiger charge is 2.69. The van der Waals surface area contributed by atoms with Gasteiger partial charge in [0.25, 0.3) is 0 Å². The predicted octanol–water partition coefficient (Wildman–Crippen LogP) is 1.05. The van der Waals surface area contributed by atoms with Gasteiger partial charge >= 0.3 is 6.09 Å². The summed E-state index contributed by atoms with van der Waals surface area (Å²) in [4.78, 5) is 79.7. The molecular formula is C30H30FN3O9. The second kappa shape index (κ2) is 11.0. The lowest BCUT2D eigenvalue weighted by Crippen LogP contribution is -2.74. The van der Waals surface area contributed by atoms with Gasteiger partial charge in [-0.1, -0.05) is 18.2 Å². The van der Waals surface area contributed by atoms with Crippen molar-refractivity contribution in [1.82, 2.24) is 4.90 Å². The number of Topliss-reactive ketones (excluding diaryl/α,β-unsaturated/α-hetero) is 4. The lowest BCUT2D eigenvalue weighted by Gasteiger charge is -2.52. The SMILES string of the molecule is CN(C)[C@H]1C(=O)C(C(N)=O)C(=O)[C@@]2(O)C(=O)C3C(=O)c4c(O)ccc(-c5ccc(NC(=O)OCCF)cc5)c4C[C@H]3C[C@@H]12. The molecule has 0 radical (unpaired) electrons. The van der Waals surface area contributed by atoms with Gasteiger partial charge in [0.1, 0.15) is 19.0 Å². The first-order valence-corrected chi connectivity index (χ1v) is 13.6. The fourth-order valence-electron chi connectivity index (χ4n) is 6.89. The Bertz CT molecular complexity index is 1560. The van der Waals surface area contributed by atoms with Crippen LogP contribution in [-0.4, -0.2) is 89.3 Å². The highest BCUT2D eigenvalue weighted by atomic mass is 19.1. The molecule has 0 aliphatic heterocycles. The van der Waals surface area contributed by atoms with E-state index in [0.29, 0.717) is 22.4 Å². The normalized spacial score (nSPS) is 28.2. The Morgan fingerprint density at radius 1 is 1.09 bits per heavy atom. The Labute approximate surface area is 245 Å². The summed E-state index contributed by atoms with van der Waals surface area (Å²) in [5.74, 6) is -11.2. The smallest absolute Gasteiger partial charge is 0.411 e. The Morgan fingerprint density at radius 3 is 2.37 bits per heavy atom. The van der Waals surface area contributed by atoms with E-state index in [0.717, 1.165) is 0 Å². The molecule has 2 fully saturated rings. The predicted molar refractivity (Wildman–Crippen MR) is 148 cm³/mol. The number of alkyl halides is 1. The van der Waals surface area contributed by atoms with Crippen molar-refractivity contribution in [2.45, 2.75) is 24.5 Å². The third-order valence-electron chi connectivity index (χ3n) is 8.70. The van der Waals surface area contributed by atoms with Crippen LogP contribution in [0.2, 0.25) is 0 Å². The number of hydrogen-bond donors (Lipinski definition) is 4. The maximum Gasteiger partial charge on any atom is 0.411 e. The summed E-state index contributed by atoms with van der Waals surface area (Å²) in [5.41, 5.74) is 4.41. The number of nitrogens with zero attached hydrogens (tertiary/aromatic N) is 1. The molecule has 0 heterocycles. The molecule has 2 amide bonds. The van der Waals surface area contributed by atoms with Gasteiger partial charge in [-0.2, -0.15) is 0 Å². The monoisotopic (exact) mass is 595 g/mol. The number of carbonyl (C=O) groups is 6. The molecule has 5 N–H and O–H groups in total. The van der Waals surface area contributed by atoms with Gasteiger partial charge in [0, 0.05) is 11.6 Å². The summed E-state index contributed by atoms with van der Waals surface area (Å²) >= 11 is 0. The minimum absolute atomic E-state index is 0.0666. The highest BCUT2D eigenvalue weighted by molar-refractivity contribution is 6.32. The van der Waals surface area contributed by atoms with Crippen LogP contribution >= 0.6 is 0 Å². The Balaban J connectivity index is 1.54. The zero-order valence-electron chi connectivity index (χ0n) is 23.3. The van der Waals surface area contributed by atoms with E-state index in [2.05, 4.69) is 10.1 Å². The molecule has 13 heteroatoms. The molecule has 226 valence electrons. The van der Waals surface area contributed by atoms with Gasteiger partial charge in [-0.3, -0.25) is 34.2 Å². The first-order valence-electron chi connectivity index (χ1n) is 13.6. The summed E-state index contributed by atoms with van der Waals surface area (Å²) in [5, 5.41) is 24.9. The van der Waals surface area contributed by atoms with Crippen LogP contribution in [0.1, 0.15) is 22.3 Å². The second-order valence-electron chi connectivity index (χ2n) is 11.3. The Kier molecular flexibility index (Phi) is 7.65. The van der Waals surface area contributed by atoms with Gasteiger partial charge < -0.3 is 20.7 Å². The summed E-state index contributed by atoms with van der Waals surface area (Å²) in [6.45, 7) is -1.20. The molecule has 3 aliphatic rings. The fourth-order valence-corrected chi connectivity index (χ4v) is 6.89.